The van der Waals surface area contributed by atoms with Crippen LogP contribution in [0.25, 0.3) is 10.8 Å². The molecule has 3 aliphatic rings. The highest BCUT2D eigenvalue weighted by atomic mass is 35.5. The van der Waals surface area contributed by atoms with Gasteiger partial charge in [0.25, 0.3) is 0 Å². The number of hydrogen-bond donors (Lipinski definition) is 0. The van der Waals surface area contributed by atoms with E-state index in [0.29, 0.717) is 52.0 Å². The molecule has 2 fully saturated rings. The third-order valence-corrected chi connectivity index (χ3v) is 9.33. The molecule has 3 aromatic rings. The molecule has 10 nitrogen and oxygen atoms in total. The summed E-state index contributed by atoms with van der Waals surface area (Å²) in [7, 11) is 4.12. The third kappa shape index (κ3) is 5.92. The van der Waals surface area contributed by atoms with E-state index >= 15 is 0 Å². The van der Waals surface area contributed by atoms with Gasteiger partial charge in [-0.1, -0.05) is 42.4 Å². The Morgan fingerprint density at radius 1 is 1.18 bits per heavy atom. The maximum atomic E-state index is 12.6. The van der Waals surface area contributed by atoms with Gasteiger partial charge >= 0.3 is 6.01 Å². The fraction of sp³-hybridized carbons (Fsp3) is 0.455. The number of likely N-dealkylation sites (N-methyl/N-ethyl adjacent to an activating group) is 1. The Hall–Kier alpha value is -3.91. The molecule has 44 heavy (non-hydrogen) atoms. The Labute approximate surface area is 263 Å². The second kappa shape index (κ2) is 13.0. The zero-order valence-electron chi connectivity index (χ0n) is 25.3. The monoisotopic (exact) mass is 615 g/mol. The summed E-state index contributed by atoms with van der Waals surface area (Å²) in [5.41, 5.74) is 3.06. The molecule has 0 saturated carbocycles. The standard InChI is InChI=1S/C33H38ClN7O3/c1-4-30(42)41-16-15-40(17-24(41)11-13-35)32-25-12-14-39(28-10-6-8-22-7-5-9-26(34)31(22)28)18-27(25)36-33(37-32)44-20-23-19-43-21-29(23)38(2)3/h4-10,23-24,29H,1,11-12,14-21H2,2-3H3/t23-,24+,29+/m1/s1. The number of nitrogens with zero attached hydrogens (tertiary/aromatic N) is 7. The zero-order chi connectivity index (χ0) is 30.8. The number of fused-ring (bicyclic) bond motifs is 2. The first-order valence-corrected chi connectivity index (χ1v) is 15.5. The van der Waals surface area contributed by atoms with Crippen molar-refractivity contribution in [3.8, 4) is 12.1 Å². The molecule has 0 unspecified atom stereocenters. The van der Waals surface area contributed by atoms with Crippen molar-refractivity contribution in [2.24, 2.45) is 5.92 Å². The summed E-state index contributed by atoms with van der Waals surface area (Å²) in [6, 6.07) is 14.8. The van der Waals surface area contributed by atoms with Crippen LogP contribution in [0.5, 0.6) is 6.01 Å². The molecule has 0 spiro atoms. The Bertz CT molecular complexity index is 1590. The van der Waals surface area contributed by atoms with Crippen LogP contribution >= 0.6 is 11.6 Å². The van der Waals surface area contributed by atoms with Gasteiger partial charge in [-0.25, -0.2) is 0 Å². The molecular formula is C33H38ClN7O3. The lowest BCUT2D eigenvalue weighted by atomic mass is 10.0. The van der Waals surface area contributed by atoms with Gasteiger partial charge in [0, 0.05) is 54.8 Å². The molecule has 230 valence electrons. The van der Waals surface area contributed by atoms with Crippen molar-refractivity contribution in [1.29, 1.82) is 5.26 Å². The minimum atomic E-state index is -0.261. The molecule has 2 saturated heterocycles. The molecule has 2 aromatic carbocycles. The van der Waals surface area contributed by atoms with Crippen molar-refractivity contribution >= 4 is 39.8 Å². The Balaban J connectivity index is 1.34. The van der Waals surface area contributed by atoms with Crippen molar-refractivity contribution in [3.05, 3.63) is 65.3 Å². The van der Waals surface area contributed by atoms with Crippen LogP contribution in [0.1, 0.15) is 17.7 Å². The Morgan fingerprint density at radius 2 is 2.00 bits per heavy atom. The first-order chi connectivity index (χ1) is 21.4. The summed E-state index contributed by atoms with van der Waals surface area (Å²) in [4.78, 5) is 30.9. The second-order valence-electron chi connectivity index (χ2n) is 11.9. The predicted molar refractivity (Wildman–Crippen MR) is 171 cm³/mol. The topological polar surface area (TPSA) is 98.1 Å². The number of amides is 1. The van der Waals surface area contributed by atoms with Crippen LogP contribution in [0, 0.1) is 17.2 Å². The quantitative estimate of drug-likeness (QED) is 0.349. The molecule has 3 atom stereocenters. The van der Waals surface area contributed by atoms with E-state index in [-0.39, 0.29) is 30.3 Å². The number of carbonyl (C=O) groups excluding carboxylic acids is 1. The van der Waals surface area contributed by atoms with Gasteiger partial charge in [0.1, 0.15) is 5.82 Å². The molecule has 1 aromatic heterocycles. The highest BCUT2D eigenvalue weighted by Gasteiger charge is 2.34. The van der Waals surface area contributed by atoms with Gasteiger partial charge in [-0.15, -0.1) is 0 Å². The van der Waals surface area contributed by atoms with Crippen molar-refractivity contribution in [3.63, 3.8) is 0 Å². The minimum Gasteiger partial charge on any atom is -0.463 e. The summed E-state index contributed by atoms with van der Waals surface area (Å²) >= 11 is 6.71. The lowest BCUT2D eigenvalue weighted by Crippen LogP contribution is -2.55. The number of hydrogen-bond acceptors (Lipinski definition) is 9. The summed E-state index contributed by atoms with van der Waals surface area (Å²) in [6.45, 7) is 8.33. The fourth-order valence-electron chi connectivity index (χ4n) is 6.69. The van der Waals surface area contributed by atoms with Crippen LogP contribution in [0.4, 0.5) is 11.5 Å². The SMILES string of the molecule is C=CC(=O)N1CCN(c2nc(OC[C@H]3COC[C@@H]3N(C)C)nc3c2CCN(c2cccc4cccc(Cl)c24)C3)C[C@@H]1CC#N. The van der Waals surface area contributed by atoms with E-state index in [1.165, 1.54) is 6.08 Å². The van der Waals surface area contributed by atoms with Gasteiger partial charge < -0.3 is 29.1 Å². The summed E-state index contributed by atoms with van der Waals surface area (Å²) in [5.74, 6) is 0.870. The van der Waals surface area contributed by atoms with E-state index in [9.17, 15) is 10.1 Å². The predicted octanol–water partition coefficient (Wildman–Crippen LogP) is 3.92. The van der Waals surface area contributed by atoms with Crippen molar-refractivity contribution < 1.29 is 14.3 Å². The number of ether oxygens (including phenoxy) is 2. The minimum absolute atomic E-state index is 0.155. The first-order valence-electron chi connectivity index (χ1n) is 15.1. The summed E-state index contributed by atoms with van der Waals surface area (Å²) < 4.78 is 12.1. The largest absolute Gasteiger partial charge is 0.463 e. The molecular weight excluding hydrogens is 578 g/mol. The molecule has 6 rings (SSSR count). The van der Waals surface area contributed by atoms with Gasteiger partial charge in [0.15, 0.2) is 0 Å². The normalized spacial score (nSPS) is 21.8. The maximum absolute atomic E-state index is 12.6. The first kappa shape index (κ1) is 30.1. The number of carbonyl (C=O) groups is 1. The number of rotatable bonds is 8. The van der Waals surface area contributed by atoms with Crippen LogP contribution in [0.2, 0.25) is 5.02 Å². The van der Waals surface area contributed by atoms with Crippen LogP contribution < -0.4 is 14.5 Å². The smallest absolute Gasteiger partial charge is 0.318 e. The molecule has 0 radical (unpaired) electrons. The number of halogens is 1. The molecule has 4 heterocycles. The molecule has 0 aliphatic carbocycles. The van der Waals surface area contributed by atoms with Crippen molar-refractivity contribution in [1.82, 2.24) is 19.8 Å². The van der Waals surface area contributed by atoms with E-state index < -0.39 is 0 Å². The number of piperazine rings is 1. The number of nitriles is 1. The van der Waals surface area contributed by atoms with Crippen molar-refractivity contribution in [2.75, 3.05) is 69.9 Å². The van der Waals surface area contributed by atoms with E-state index in [0.717, 1.165) is 51.5 Å². The molecule has 0 N–H and O–H groups in total. The van der Waals surface area contributed by atoms with E-state index in [1.807, 2.05) is 12.1 Å². The highest BCUT2D eigenvalue weighted by Crippen LogP contribution is 2.37. The number of anilines is 2. The van der Waals surface area contributed by atoms with E-state index in [4.69, 9.17) is 31.0 Å². The zero-order valence-corrected chi connectivity index (χ0v) is 26.0. The average Bonchev–Trinajstić information content (AvgIpc) is 3.52. The lowest BCUT2D eigenvalue weighted by Gasteiger charge is -2.42. The van der Waals surface area contributed by atoms with Gasteiger partial charge in [-0.05, 0) is 44.1 Å². The summed E-state index contributed by atoms with van der Waals surface area (Å²) in [6.07, 6.45) is 2.29. The van der Waals surface area contributed by atoms with Crippen LogP contribution in [-0.2, 0) is 22.5 Å². The van der Waals surface area contributed by atoms with Gasteiger partial charge in [-0.3, -0.25) is 4.79 Å². The van der Waals surface area contributed by atoms with Crippen molar-refractivity contribution in [2.45, 2.75) is 31.5 Å². The average molecular weight is 616 g/mol. The molecule has 11 heteroatoms. The van der Waals surface area contributed by atoms with Gasteiger partial charge in [0.2, 0.25) is 5.91 Å². The maximum Gasteiger partial charge on any atom is 0.318 e. The van der Waals surface area contributed by atoms with Gasteiger partial charge in [0.05, 0.1) is 55.6 Å². The summed E-state index contributed by atoms with van der Waals surface area (Å²) in [5, 5.41) is 12.4. The number of benzene rings is 2. The van der Waals surface area contributed by atoms with E-state index in [2.05, 4.69) is 65.7 Å². The second-order valence-corrected chi connectivity index (χ2v) is 12.3. The number of aromatic nitrogens is 2. The highest BCUT2D eigenvalue weighted by molar-refractivity contribution is 6.36. The van der Waals surface area contributed by atoms with Crippen LogP contribution in [-0.4, -0.2) is 97.9 Å². The van der Waals surface area contributed by atoms with E-state index in [1.54, 1.807) is 4.90 Å². The molecule has 0 bridgehead atoms. The molecule has 3 aliphatic heterocycles. The van der Waals surface area contributed by atoms with Gasteiger partial charge in [-0.2, -0.15) is 15.2 Å². The fourth-order valence-corrected chi connectivity index (χ4v) is 6.97. The van der Waals surface area contributed by atoms with Crippen LogP contribution in [0.15, 0.2) is 49.1 Å². The third-order valence-electron chi connectivity index (χ3n) is 9.02. The Kier molecular flexibility index (Phi) is 8.89. The molecule has 1 amide bonds. The Morgan fingerprint density at radius 3 is 2.77 bits per heavy atom. The van der Waals surface area contributed by atoms with Crippen LogP contribution in [0.3, 0.4) is 0 Å². The lowest BCUT2D eigenvalue weighted by molar-refractivity contribution is -0.128.